The molecule has 0 bridgehead atoms. The van der Waals surface area contributed by atoms with Crippen molar-refractivity contribution >= 4 is 18.0 Å². The van der Waals surface area contributed by atoms with E-state index >= 15 is 0 Å². The standard InChI is InChI=1S/C10H20NO2S/c1-7(2)14-6-8(3)10(13)9(5-12)11-4/h7-11,13H,6H2,1-4H3/t8-,9-,10?/m1/s1. The van der Waals surface area contributed by atoms with Gasteiger partial charge in [-0.3, -0.25) is 4.79 Å². The van der Waals surface area contributed by atoms with Gasteiger partial charge in [-0.05, 0) is 24.0 Å². The lowest BCUT2D eigenvalue weighted by Crippen LogP contribution is -2.43. The summed E-state index contributed by atoms with van der Waals surface area (Å²) >= 11 is 1.79. The third kappa shape index (κ3) is 4.98. The Bertz CT molecular complexity index is 164. The summed E-state index contributed by atoms with van der Waals surface area (Å²) in [6, 6.07) is -0.572. The Morgan fingerprint density at radius 3 is 2.36 bits per heavy atom. The van der Waals surface area contributed by atoms with E-state index in [1.165, 1.54) is 0 Å². The molecular weight excluding hydrogens is 198 g/mol. The Labute approximate surface area is 90.7 Å². The first-order chi connectivity index (χ1) is 6.52. The smallest absolute Gasteiger partial charge is 0.219 e. The van der Waals surface area contributed by atoms with Gasteiger partial charge in [0.15, 0.2) is 0 Å². The molecule has 0 heterocycles. The minimum absolute atomic E-state index is 0.0984. The predicted octanol–water partition coefficient (Wildman–Crippen LogP) is 0.823. The third-order valence-corrected chi connectivity index (χ3v) is 3.44. The molecule has 1 unspecified atom stereocenters. The van der Waals surface area contributed by atoms with E-state index in [0.717, 1.165) is 5.75 Å². The van der Waals surface area contributed by atoms with Gasteiger partial charge >= 0.3 is 0 Å². The molecule has 3 atom stereocenters. The van der Waals surface area contributed by atoms with Crippen LogP contribution < -0.4 is 5.32 Å². The zero-order valence-electron chi connectivity index (χ0n) is 9.28. The summed E-state index contributed by atoms with van der Waals surface area (Å²) in [4.78, 5) is 10.5. The van der Waals surface area contributed by atoms with Gasteiger partial charge in [0.05, 0.1) is 6.10 Å². The summed E-state index contributed by atoms with van der Waals surface area (Å²) in [7, 11) is 1.65. The van der Waals surface area contributed by atoms with Crippen molar-refractivity contribution in [3.05, 3.63) is 0 Å². The molecule has 3 nitrogen and oxygen atoms in total. The fourth-order valence-corrected chi connectivity index (χ4v) is 1.96. The molecule has 4 heteroatoms. The fourth-order valence-electron chi connectivity index (χ4n) is 1.07. The minimum Gasteiger partial charge on any atom is -0.391 e. The SMILES string of the molecule is CN[C@H]([C]=O)C(O)[C@H](C)CSC(C)C. The van der Waals surface area contributed by atoms with Crippen molar-refractivity contribution in [3.8, 4) is 0 Å². The molecule has 0 rings (SSSR count). The van der Waals surface area contributed by atoms with Gasteiger partial charge in [0.25, 0.3) is 0 Å². The Morgan fingerprint density at radius 1 is 1.43 bits per heavy atom. The van der Waals surface area contributed by atoms with Crippen LogP contribution in [0.2, 0.25) is 0 Å². The molecule has 0 aliphatic heterocycles. The molecule has 0 saturated carbocycles. The molecule has 0 amide bonds. The lowest BCUT2D eigenvalue weighted by molar-refractivity contribution is 0.109. The van der Waals surface area contributed by atoms with Crippen LogP contribution in [0, 0.1) is 5.92 Å². The molecule has 1 radical (unpaired) electrons. The Kier molecular flexibility index (Phi) is 7.23. The molecule has 0 aromatic rings. The van der Waals surface area contributed by atoms with E-state index in [9.17, 15) is 9.90 Å². The van der Waals surface area contributed by atoms with E-state index in [0.29, 0.717) is 5.25 Å². The first-order valence-electron chi connectivity index (χ1n) is 4.87. The largest absolute Gasteiger partial charge is 0.391 e. The van der Waals surface area contributed by atoms with Crippen molar-refractivity contribution in [3.63, 3.8) is 0 Å². The summed E-state index contributed by atoms with van der Waals surface area (Å²) < 4.78 is 0. The first-order valence-corrected chi connectivity index (χ1v) is 5.92. The van der Waals surface area contributed by atoms with Gasteiger partial charge in [-0.1, -0.05) is 20.8 Å². The Hall–Kier alpha value is -0.0600. The molecular formula is C10H20NO2S. The second-order valence-corrected chi connectivity index (χ2v) is 5.34. The fraction of sp³-hybridized carbons (Fsp3) is 0.900. The monoisotopic (exact) mass is 218 g/mol. The number of hydrogen-bond acceptors (Lipinski definition) is 4. The van der Waals surface area contributed by atoms with Crippen molar-refractivity contribution in [1.29, 1.82) is 0 Å². The number of nitrogens with one attached hydrogen (secondary N) is 1. The van der Waals surface area contributed by atoms with Crippen LogP contribution in [-0.2, 0) is 4.79 Å². The van der Waals surface area contributed by atoms with Crippen molar-refractivity contribution in [2.24, 2.45) is 5.92 Å². The first kappa shape index (κ1) is 13.9. The van der Waals surface area contributed by atoms with Crippen molar-refractivity contribution in [2.45, 2.75) is 38.2 Å². The summed E-state index contributed by atoms with van der Waals surface area (Å²) in [6.07, 6.45) is 1.15. The van der Waals surface area contributed by atoms with Crippen LogP contribution in [0.25, 0.3) is 0 Å². The topological polar surface area (TPSA) is 49.3 Å². The molecule has 14 heavy (non-hydrogen) atoms. The molecule has 2 N–H and O–H groups in total. The van der Waals surface area contributed by atoms with Crippen LogP contribution >= 0.6 is 11.8 Å². The van der Waals surface area contributed by atoms with Crippen molar-refractivity contribution in [2.75, 3.05) is 12.8 Å². The number of thioether (sulfide) groups is 1. The molecule has 0 aliphatic carbocycles. The average Bonchev–Trinajstić information content (AvgIpc) is 2.15. The van der Waals surface area contributed by atoms with Gasteiger partial charge < -0.3 is 10.4 Å². The maximum atomic E-state index is 10.5. The molecule has 0 fully saturated rings. The molecule has 0 aromatic heterocycles. The molecule has 0 saturated heterocycles. The van der Waals surface area contributed by atoms with E-state index < -0.39 is 12.1 Å². The van der Waals surface area contributed by atoms with Crippen LogP contribution in [-0.4, -0.2) is 41.6 Å². The van der Waals surface area contributed by atoms with E-state index in [2.05, 4.69) is 19.2 Å². The summed E-state index contributed by atoms with van der Waals surface area (Å²) in [6.45, 7) is 6.18. The van der Waals surface area contributed by atoms with Crippen LogP contribution in [0.5, 0.6) is 0 Å². The maximum Gasteiger partial charge on any atom is 0.219 e. The van der Waals surface area contributed by atoms with Gasteiger partial charge in [0.2, 0.25) is 6.29 Å². The lowest BCUT2D eigenvalue weighted by Gasteiger charge is -2.23. The van der Waals surface area contributed by atoms with Gasteiger partial charge in [0, 0.05) is 0 Å². The highest BCUT2D eigenvalue weighted by Gasteiger charge is 2.23. The highest BCUT2D eigenvalue weighted by molar-refractivity contribution is 7.99. The van der Waals surface area contributed by atoms with Crippen LogP contribution in [0.4, 0.5) is 0 Å². The second-order valence-electron chi connectivity index (χ2n) is 3.73. The lowest BCUT2D eigenvalue weighted by atomic mass is 10.0. The highest BCUT2D eigenvalue weighted by Crippen LogP contribution is 2.17. The Morgan fingerprint density at radius 2 is 2.00 bits per heavy atom. The van der Waals surface area contributed by atoms with Gasteiger partial charge in [-0.15, -0.1) is 0 Å². The van der Waals surface area contributed by atoms with Gasteiger partial charge in [-0.25, -0.2) is 0 Å². The molecule has 0 spiro atoms. The number of likely N-dealkylation sites (N-methyl/N-ethyl adjacent to an activating group) is 1. The Balaban J connectivity index is 3.96. The zero-order chi connectivity index (χ0) is 11.1. The highest BCUT2D eigenvalue weighted by atomic mass is 32.2. The molecule has 0 aromatic carbocycles. The summed E-state index contributed by atoms with van der Waals surface area (Å²) in [5.41, 5.74) is 0. The van der Waals surface area contributed by atoms with Crippen LogP contribution in [0.15, 0.2) is 0 Å². The number of aliphatic hydroxyl groups excluding tert-OH is 1. The van der Waals surface area contributed by atoms with E-state index in [1.807, 2.05) is 6.92 Å². The number of aliphatic hydroxyl groups is 1. The summed E-state index contributed by atoms with van der Waals surface area (Å²) in [5.74, 6) is 0.958. The van der Waals surface area contributed by atoms with Gasteiger partial charge in [-0.2, -0.15) is 11.8 Å². The maximum absolute atomic E-state index is 10.5. The van der Waals surface area contributed by atoms with Crippen molar-refractivity contribution in [1.82, 2.24) is 5.32 Å². The molecule has 83 valence electrons. The quantitative estimate of drug-likeness (QED) is 0.664. The van der Waals surface area contributed by atoms with E-state index in [4.69, 9.17) is 0 Å². The van der Waals surface area contributed by atoms with Crippen LogP contribution in [0.3, 0.4) is 0 Å². The minimum atomic E-state index is -0.649. The number of rotatable bonds is 7. The normalized spacial score (nSPS) is 17.9. The van der Waals surface area contributed by atoms with E-state index in [-0.39, 0.29) is 5.92 Å². The summed E-state index contributed by atoms with van der Waals surface area (Å²) in [5, 5.41) is 13.0. The van der Waals surface area contributed by atoms with Crippen molar-refractivity contribution < 1.29 is 9.90 Å². The average molecular weight is 218 g/mol. The third-order valence-electron chi connectivity index (χ3n) is 2.05. The zero-order valence-corrected chi connectivity index (χ0v) is 10.1. The molecule has 0 aliphatic rings. The number of hydrogen-bond donors (Lipinski definition) is 2. The van der Waals surface area contributed by atoms with Gasteiger partial charge in [0.1, 0.15) is 6.04 Å². The predicted molar refractivity (Wildman–Crippen MR) is 61.3 cm³/mol. The number of carbonyl (C=O) groups excluding carboxylic acids is 1. The van der Waals surface area contributed by atoms with E-state index in [1.54, 1.807) is 25.1 Å². The van der Waals surface area contributed by atoms with Crippen LogP contribution in [0.1, 0.15) is 20.8 Å². The second kappa shape index (κ2) is 7.26.